The van der Waals surface area contributed by atoms with E-state index in [4.69, 9.17) is 0 Å². The Morgan fingerprint density at radius 3 is 2.71 bits per heavy atom. The van der Waals surface area contributed by atoms with Gasteiger partial charge in [0.05, 0.1) is 0 Å². The molecule has 1 N–H and O–H groups in total. The number of benzene rings is 1. The number of hydrogen-bond acceptors (Lipinski definition) is 2. The van der Waals surface area contributed by atoms with E-state index in [1.54, 1.807) is 24.3 Å². The average Bonchev–Trinajstić information content (AvgIpc) is 2.51. The summed E-state index contributed by atoms with van der Waals surface area (Å²) < 4.78 is 0. The fourth-order valence-corrected chi connectivity index (χ4v) is 2.03. The molecule has 1 atom stereocenters. The van der Waals surface area contributed by atoms with E-state index in [1.807, 2.05) is 6.07 Å². The van der Waals surface area contributed by atoms with Gasteiger partial charge in [-0.2, -0.15) is 0 Å². The predicted octanol–water partition coefficient (Wildman–Crippen LogP) is 1.95. The van der Waals surface area contributed by atoms with E-state index >= 15 is 0 Å². The molecule has 1 aromatic carbocycles. The van der Waals surface area contributed by atoms with Crippen molar-refractivity contribution in [1.29, 1.82) is 0 Å². The summed E-state index contributed by atoms with van der Waals surface area (Å²) in [5, 5.41) is 2.76. The molecule has 88 valence electrons. The molecule has 3 heteroatoms. The van der Waals surface area contributed by atoms with Gasteiger partial charge in [0.2, 0.25) is 5.91 Å². The number of nitrogens with one attached hydrogen (secondary N) is 1. The molecule has 1 fully saturated rings. The van der Waals surface area contributed by atoms with Crippen LogP contribution in [0.4, 0.5) is 0 Å². The molecule has 0 bridgehead atoms. The molecular weight excluding hydrogens is 214 g/mol. The first kappa shape index (κ1) is 11.6. The second-order valence-electron chi connectivity index (χ2n) is 4.22. The Hall–Kier alpha value is -1.90. The molecule has 1 aliphatic rings. The smallest absolute Gasteiger partial charge is 0.235 e. The third-order valence-electron chi connectivity index (χ3n) is 2.96. The molecule has 0 aromatic heterocycles. The Morgan fingerprint density at radius 1 is 1.29 bits per heavy atom. The summed E-state index contributed by atoms with van der Waals surface area (Å²) in [6.07, 6.45) is 1.57. The summed E-state index contributed by atoms with van der Waals surface area (Å²) in [5.41, 5.74) is 1.28. The quantitative estimate of drug-likeness (QED) is 0.478. The van der Waals surface area contributed by atoms with Crippen LogP contribution in [-0.2, 0) is 4.79 Å². The van der Waals surface area contributed by atoms with Gasteiger partial charge in [-0.25, -0.2) is 0 Å². The maximum atomic E-state index is 12.3. The average molecular weight is 229 g/mol. The van der Waals surface area contributed by atoms with Crippen molar-refractivity contribution in [1.82, 2.24) is 5.32 Å². The number of ketones is 1. The zero-order valence-corrected chi connectivity index (χ0v) is 9.61. The van der Waals surface area contributed by atoms with Crippen LogP contribution in [0.15, 0.2) is 42.5 Å². The van der Waals surface area contributed by atoms with E-state index in [2.05, 4.69) is 11.9 Å². The van der Waals surface area contributed by atoms with Gasteiger partial charge in [-0.05, 0) is 12.8 Å². The third kappa shape index (κ3) is 2.44. The molecule has 0 saturated carbocycles. The van der Waals surface area contributed by atoms with Crippen molar-refractivity contribution in [3.05, 3.63) is 48.0 Å². The third-order valence-corrected chi connectivity index (χ3v) is 2.96. The summed E-state index contributed by atoms with van der Waals surface area (Å²) in [6.45, 7) is 4.49. The van der Waals surface area contributed by atoms with Gasteiger partial charge < -0.3 is 5.32 Å². The van der Waals surface area contributed by atoms with Crippen LogP contribution in [0, 0.1) is 5.92 Å². The first-order valence-electron chi connectivity index (χ1n) is 5.75. The maximum Gasteiger partial charge on any atom is 0.235 e. The van der Waals surface area contributed by atoms with Crippen molar-refractivity contribution >= 4 is 11.7 Å². The van der Waals surface area contributed by atoms with Crippen molar-refractivity contribution in [2.45, 2.75) is 12.8 Å². The summed E-state index contributed by atoms with van der Waals surface area (Å²) >= 11 is 0. The van der Waals surface area contributed by atoms with Crippen LogP contribution < -0.4 is 5.32 Å². The van der Waals surface area contributed by atoms with Gasteiger partial charge in [0, 0.05) is 12.1 Å². The van der Waals surface area contributed by atoms with Gasteiger partial charge in [-0.1, -0.05) is 42.5 Å². The van der Waals surface area contributed by atoms with Gasteiger partial charge >= 0.3 is 0 Å². The molecule has 3 nitrogen and oxygen atoms in total. The number of amides is 1. The van der Waals surface area contributed by atoms with Crippen LogP contribution in [0.1, 0.15) is 23.2 Å². The Bertz CT molecular complexity index is 433. The number of carbonyl (C=O) groups excluding carboxylic acids is 2. The molecule has 1 heterocycles. The molecular formula is C14H15NO2. The van der Waals surface area contributed by atoms with Crippen molar-refractivity contribution in [2.24, 2.45) is 5.92 Å². The van der Waals surface area contributed by atoms with Gasteiger partial charge in [0.1, 0.15) is 5.92 Å². The molecule has 1 unspecified atom stereocenters. The van der Waals surface area contributed by atoms with Crippen LogP contribution in [0.3, 0.4) is 0 Å². The van der Waals surface area contributed by atoms with Gasteiger partial charge in [0.25, 0.3) is 0 Å². The van der Waals surface area contributed by atoms with Crippen molar-refractivity contribution < 1.29 is 9.59 Å². The highest BCUT2D eigenvalue weighted by Gasteiger charge is 2.31. The normalized spacial score (nSPS) is 20.6. The van der Waals surface area contributed by atoms with Gasteiger partial charge in [0.15, 0.2) is 5.78 Å². The SMILES string of the molecule is C=C1CCCNC(=O)C1C(=O)c1ccccc1. The standard InChI is InChI=1S/C14H15NO2/c1-10-6-5-9-15-14(17)12(10)13(16)11-7-3-2-4-8-11/h2-4,7-8,12H,1,5-6,9H2,(H,15,17). The van der Waals surface area contributed by atoms with Crippen LogP contribution in [-0.4, -0.2) is 18.2 Å². The Morgan fingerprint density at radius 2 is 2.00 bits per heavy atom. The van der Waals surface area contributed by atoms with Crippen molar-refractivity contribution in [3.63, 3.8) is 0 Å². The predicted molar refractivity (Wildman–Crippen MR) is 65.6 cm³/mol. The number of Topliss-reactive ketones (excluding diaryl/α,β-unsaturated/α-hetero) is 1. The van der Waals surface area contributed by atoms with E-state index in [1.165, 1.54) is 0 Å². The lowest BCUT2D eigenvalue weighted by Gasteiger charge is -2.14. The number of hydrogen-bond donors (Lipinski definition) is 1. The number of carbonyl (C=O) groups is 2. The lowest BCUT2D eigenvalue weighted by atomic mass is 9.89. The Labute approximate surface area is 101 Å². The first-order valence-corrected chi connectivity index (χ1v) is 5.75. The zero-order chi connectivity index (χ0) is 12.3. The number of rotatable bonds is 2. The maximum absolute atomic E-state index is 12.3. The Kier molecular flexibility index (Phi) is 3.38. The summed E-state index contributed by atoms with van der Waals surface area (Å²) in [6, 6.07) is 8.90. The molecule has 1 saturated heterocycles. The molecule has 1 aromatic rings. The second kappa shape index (κ2) is 4.95. The highest BCUT2D eigenvalue weighted by atomic mass is 16.2. The molecule has 0 radical (unpaired) electrons. The highest BCUT2D eigenvalue weighted by Crippen LogP contribution is 2.22. The lowest BCUT2D eigenvalue weighted by Crippen LogP contribution is -2.34. The minimum atomic E-state index is -0.722. The summed E-state index contributed by atoms with van der Waals surface area (Å²) in [5.74, 6) is -1.10. The van der Waals surface area contributed by atoms with Gasteiger partial charge in [-0.3, -0.25) is 9.59 Å². The molecule has 17 heavy (non-hydrogen) atoms. The van der Waals surface area contributed by atoms with Crippen molar-refractivity contribution in [3.8, 4) is 0 Å². The van der Waals surface area contributed by atoms with Gasteiger partial charge in [-0.15, -0.1) is 0 Å². The summed E-state index contributed by atoms with van der Waals surface area (Å²) in [7, 11) is 0. The molecule has 1 aliphatic heterocycles. The van der Waals surface area contributed by atoms with E-state index in [9.17, 15) is 9.59 Å². The molecule has 0 aliphatic carbocycles. The van der Waals surface area contributed by atoms with Crippen LogP contribution >= 0.6 is 0 Å². The van der Waals surface area contributed by atoms with Crippen LogP contribution in [0.5, 0.6) is 0 Å². The van der Waals surface area contributed by atoms with E-state index in [-0.39, 0.29) is 11.7 Å². The highest BCUT2D eigenvalue weighted by molar-refractivity contribution is 6.12. The minimum Gasteiger partial charge on any atom is -0.355 e. The van der Waals surface area contributed by atoms with Crippen molar-refractivity contribution in [2.75, 3.05) is 6.54 Å². The topological polar surface area (TPSA) is 46.2 Å². The largest absolute Gasteiger partial charge is 0.355 e. The van der Waals surface area contributed by atoms with E-state index < -0.39 is 5.92 Å². The van der Waals surface area contributed by atoms with Crippen LogP contribution in [0.25, 0.3) is 0 Å². The summed E-state index contributed by atoms with van der Waals surface area (Å²) in [4.78, 5) is 24.1. The molecule has 0 spiro atoms. The zero-order valence-electron chi connectivity index (χ0n) is 9.61. The first-order chi connectivity index (χ1) is 8.20. The minimum absolute atomic E-state index is 0.157. The fraction of sp³-hybridized carbons (Fsp3) is 0.286. The molecule has 1 amide bonds. The van der Waals surface area contributed by atoms with E-state index in [0.717, 1.165) is 12.8 Å². The monoisotopic (exact) mass is 229 g/mol. The second-order valence-corrected chi connectivity index (χ2v) is 4.22. The molecule has 2 rings (SSSR count). The lowest BCUT2D eigenvalue weighted by molar-refractivity contribution is -0.122. The van der Waals surface area contributed by atoms with E-state index in [0.29, 0.717) is 17.7 Å². The van der Waals surface area contributed by atoms with Crippen LogP contribution in [0.2, 0.25) is 0 Å². The fourth-order valence-electron chi connectivity index (χ4n) is 2.03. The Balaban J connectivity index is 2.28.